The van der Waals surface area contributed by atoms with Crippen molar-refractivity contribution in [2.45, 2.75) is 32.7 Å². The number of rotatable bonds is 4. The first-order chi connectivity index (χ1) is 12.5. The van der Waals surface area contributed by atoms with Gasteiger partial charge in [-0.15, -0.1) is 0 Å². The van der Waals surface area contributed by atoms with Gasteiger partial charge in [-0.3, -0.25) is 4.90 Å². The lowest BCUT2D eigenvalue weighted by Gasteiger charge is -2.26. The number of aromatic nitrogens is 3. The van der Waals surface area contributed by atoms with Gasteiger partial charge in [-0.05, 0) is 24.0 Å². The van der Waals surface area contributed by atoms with E-state index >= 15 is 0 Å². The fourth-order valence-corrected chi connectivity index (χ4v) is 4.15. The molecule has 2 N–H and O–H groups in total. The first kappa shape index (κ1) is 17.0. The largest absolute Gasteiger partial charge is 0.372 e. The van der Waals surface area contributed by atoms with Gasteiger partial charge in [-0.25, -0.2) is 9.97 Å². The lowest BCUT2D eigenvalue weighted by molar-refractivity contribution is 0.232. The van der Waals surface area contributed by atoms with Crippen LogP contribution in [0.3, 0.4) is 0 Å². The molecular weight excluding hydrogens is 322 g/mol. The Morgan fingerprint density at radius 3 is 2.69 bits per heavy atom. The van der Waals surface area contributed by atoms with Crippen LogP contribution in [0.15, 0.2) is 42.6 Å². The Hall–Kier alpha value is -2.40. The van der Waals surface area contributed by atoms with Crippen molar-refractivity contribution in [3.63, 3.8) is 0 Å². The average Bonchev–Trinajstić information content (AvgIpc) is 3.24. The van der Waals surface area contributed by atoms with Gasteiger partial charge < -0.3 is 10.3 Å². The molecule has 136 valence electrons. The molecule has 5 nitrogen and oxygen atoms in total. The second-order valence-corrected chi connectivity index (χ2v) is 7.98. The average molecular weight is 349 g/mol. The van der Waals surface area contributed by atoms with Crippen molar-refractivity contribution in [2.24, 2.45) is 5.41 Å². The van der Waals surface area contributed by atoms with Crippen LogP contribution in [0.5, 0.6) is 0 Å². The van der Waals surface area contributed by atoms with Crippen molar-refractivity contribution in [1.29, 1.82) is 0 Å². The summed E-state index contributed by atoms with van der Waals surface area (Å²) in [6.07, 6.45) is 1.92. The molecule has 1 saturated heterocycles. The molecule has 0 amide bonds. The summed E-state index contributed by atoms with van der Waals surface area (Å²) in [7, 11) is 1.92. The van der Waals surface area contributed by atoms with Gasteiger partial charge >= 0.3 is 0 Å². The maximum Gasteiger partial charge on any atom is 0.143 e. The number of fused-ring (bicyclic) bond motifs is 1. The number of hydrogen-bond acceptors (Lipinski definition) is 4. The number of H-pyrrole nitrogens is 1. The highest BCUT2D eigenvalue weighted by atomic mass is 15.2. The summed E-state index contributed by atoms with van der Waals surface area (Å²) in [5.41, 5.74) is 2.39. The van der Waals surface area contributed by atoms with Gasteiger partial charge in [0, 0.05) is 38.3 Å². The topological polar surface area (TPSA) is 56.8 Å². The highest BCUT2D eigenvalue weighted by Gasteiger charge is 2.43. The molecule has 1 fully saturated rings. The lowest BCUT2D eigenvalue weighted by Crippen LogP contribution is -2.26. The Morgan fingerprint density at radius 1 is 1.19 bits per heavy atom. The molecule has 0 radical (unpaired) electrons. The molecule has 3 heterocycles. The van der Waals surface area contributed by atoms with Crippen LogP contribution in [-0.2, 0) is 0 Å². The monoisotopic (exact) mass is 349 g/mol. The molecule has 3 aromatic rings. The predicted octanol–water partition coefficient (Wildman–Crippen LogP) is 4.19. The van der Waals surface area contributed by atoms with Crippen molar-refractivity contribution in [2.75, 3.05) is 25.5 Å². The number of aromatic amines is 1. The van der Waals surface area contributed by atoms with Gasteiger partial charge in [-0.2, -0.15) is 0 Å². The van der Waals surface area contributed by atoms with Gasteiger partial charge in [0.1, 0.15) is 17.3 Å². The molecule has 4 rings (SSSR count). The van der Waals surface area contributed by atoms with Gasteiger partial charge in [0.05, 0.1) is 5.39 Å². The van der Waals surface area contributed by atoms with Gasteiger partial charge in [0.2, 0.25) is 0 Å². The van der Waals surface area contributed by atoms with Crippen LogP contribution in [0.25, 0.3) is 11.0 Å². The summed E-state index contributed by atoms with van der Waals surface area (Å²) in [6, 6.07) is 13.1. The van der Waals surface area contributed by atoms with E-state index in [2.05, 4.69) is 66.3 Å². The van der Waals surface area contributed by atoms with Crippen molar-refractivity contribution in [3.8, 4) is 0 Å². The van der Waals surface area contributed by atoms with Gasteiger partial charge in [-0.1, -0.05) is 44.2 Å². The molecule has 0 unspecified atom stereocenters. The van der Waals surface area contributed by atoms with Crippen molar-refractivity contribution in [1.82, 2.24) is 19.9 Å². The van der Waals surface area contributed by atoms with E-state index in [1.165, 1.54) is 5.56 Å². The third kappa shape index (κ3) is 2.86. The Morgan fingerprint density at radius 2 is 1.96 bits per heavy atom. The van der Waals surface area contributed by atoms with E-state index in [-0.39, 0.29) is 5.41 Å². The Kier molecular flexibility index (Phi) is 4.19. The lowest BCUT2D eigenvalue weighted by atomic mass is 9.81. The molecule has 0 saturated carbocycles. The molecule has 5 heteroatoms. The first-order valence-electron chi connectivity index (χ1n) is 9.31. The molecule has 2 aromatic heterocycles. The highest BCUT2D eigenvalue weighted by molar-refractivity contribution is 5.86. The van der Waals surface area contributed by atoms with Crippen LogP contribution in [0, 0.1) is 5.41 Å². The van der Waals surface area contributed by atoms with Crippen molar-refractivity contribution in [3.05, 3.63) is 54.0 Å². The fourth-order valence-electron chi connectivity index (χ4n) is 4.15. The quantitative estimate of drug-likeness (QED) is 0.742. The minimum absolute atomic E-state index is 0.119. The Bertz CT molecular complexity index is 899. The molecule has 0 bridgehead atoms. The number of anilines is 1. The smallest absolute Gasteiger partial charge is 0.143 e. The molecule has 0 aliphatic carbocycles. The molecule has 1 aliphatic rings. The third-order valence-corrected chi connectivity index (χ3v) is 5.78. The number of nitrogens with one attached hydrogen (secondary N) is 2. The standard InChI is InChI=1S/C21H27N5/c1-14(15-8-6-5-7-9-15)26-12-17(21(2,3)13-26)20-24-18(22-4)16-10-11-23-19(16)25-20/h5-11,14,17H,12-13H2,1-4H3,(H2,22,23,24,25)/t14-,17+/m1/s1. The number of hydrogen-bond donors (Lipinski definition) is 2. The number of likely N-dealkylation sites (tertiary alicyclic amines) is 1. The van der Waals surface area contributed by atoms with Gasteiger partial charge in [0.15, 0.2) is 0 Å². The van der Waals surface area contributed by atoms with Crippen LogP contribution in [0.4, 0.5) is 5.82 Å². The van der Waals surface area contributed by atoms with E-state index in [4.69, 9.17) is 9.97 Å². The summed E-state index contributed by atoms with van der Waals surface area (Å²) in [4.78, 5) is 15.5. The zero-order chi connectivity index (χ0) is 18.3. The number of nitrogens with zero attached hydrogens (tertiary/aromatic N) is 3. The van der Waals surface area contributed by atoms with E-state index in [0.29, 0.717) is 12.0 Å². The molecule has 1 aromatic carbocycles. The second-order valence-electron chi connectivity index (χ2n) is 7.98. The Balaban J connectivity index is 1.67. The van der Waals surface area contributed by atoms with Crippen LogP contribution >= 0.6 is 0 Å². The van der Waals surface area contributed by atoms with Gasteiger partial charge in [0.25, 0.3) is 0 Å². The Labute approximate surface area is 154 Å². The summed E-state index contributed by atoms with van der Waals surface area (Å²) < 4.78 is 0. The van der Waals surface area contributed by atoms with Crippen LogP contribution in [0.2, 0.25) is 0 Å². The fraction of sp³-hybridized carbons (Fsp3) is 0.429. The van der Waals surface area contributed by atoms with Crippen LogP contribution in [0.1, 0.15) is 44.1 Å². The van der Waals surface area contributed by atoms with E-state index in [0.717, 1.165) is 35.8 Å². The maximum absolute atomic E-state index is 4.87. The van der Waals surface area contributed by atoms with Crippen molar-refractivity contribution >= 4 is 16.9 Å². The van der Waals surface area contributed by atoms with E-state index in [1.807, 2.05) is 19.3 Å². The molecule has 26 heavy (non-hydrogen) atoms. The van der Waals surface area contributed by atoms with E-state index in [9.17, 15) is 0 Å². The normalized spacial score (nSPS) is 21.2. The van der Waals surface area contributed by atoms with Crippen LogP contribution < -0.4 is 5.32 Å². The van der Waals surface area contributed by atoms with E-state index in [1.54, 1.807) is 0 Å². The number of benzene rings is 1. The SMILES string of the molecule is CNc1nc([C@@H]2CN([C@H](C)c3ccccc3)CC2(C)C)nc2[nH]ccc12. The third-order valence-electron chi connectivity index (χ3n) is 5.78. The summed E-state index contributed by atoms with van der Waals surface area (Å²) >= 11 is 0. The van der Waals surface area contributed by atoms with Crippen LogP contribution in [-0.4, -0.2) is 40.0 Å². The maximum atomic E-state index is 4.87. The second kappa shape index (κ2) is 6.40. The molecule has 1 aliphatic heterocycles. The first-order valence-corrected chi connectivity index (χ1v) is 9.31. The minimum atomic E-state index is 0.119. The molecule has 0 spiro atoms. The molecule has 2 atom stereocenters. The predicted molar refractivity (Wildman–Crippen MR) is 106 cm³/mol. The zero-order valence-electron chi connectivity index (χ0n) is 16.0. The highest BCUT2D eigenvalue weighted by Crippen LogP contribution is 2.44. The zero-order valence-corrected chi connectivity index (χ0v) is 16.0. The summed E-state index contributed by atoms with van der Waals surface area (Å²) in [5, 5.41) is 4.27. The molecular formula is C21H27N5. The van der Waals surface area contributed by atoms with E-state index < -0.39 is 0 Å². The minimum Gasteiger partial charge on any atom is -0.372 e. The summed E-state index contributed by atoms with van der Waals surface area (Å²) in [6.45, 7) is 8.96. The van der Waals surface area contributed by atoms with Crippen molar-refractivity contribution < 1.29 is 0 Å². The summed E-state index contributed by atoms with van der Waals surface area (Å²) in [5.74, 6) is 2.13.